The number of aromatic nitrogens is 1. The van der Waals surface area contributed by atoms with Gasteiger partial charge in [-0.2, -0.15) is 9.65 Å². The number of halogens is 2. The van der Waals surface area contributed by atoms with Gasteiger partial charge in [-0.15, -0.1) is 0 Å². The predicted molar refractivity (Wildman–Crippen MR) is 41.3 cm³/mol. The minimum atomic E-state index is -1.16. The highest BCUT2D eigenvalue weighted by molar-refractivity contribution is 5.16. The van der Waals surface area contributed by atoms with E-state index in [-0.39, 0.29) is 6.42 Å². The van der Waals surface area contributed by atoms with Crippen LogP contribution < -0.4 is 5.73 Å². The van der Waals surface area contributed by atoms with Crippen LogP contribution in [0.15, 0.2) is 12.3 Å². The molecule has 0 aromatic carbocycles. The van der Waals surface area contributed by atoms with Gasteiger partial charge in [0.2, 0.25) is 5.95 Å². The maximum absolute atomic E-state index is 12.6. The third kappa shape index (κ3) is 2.20. The SMILES string of the molecule is N#CCC(N)c1cnc(F)c(F)c1. The monoisotopic (exact) mass is 183 g/mol. The van der Waals surface area contributed by atoms with Crippen LogP contribution in [-0.4, -0.2) is 4.98 Å². The van der Waals surface area contributed by atoms with Gasteiger partial charge in [-0.3, -0.25) is 0 Å². The number of pyridine rings is 1. The van der Waals surface area contributed by atoms with E-state index in [1.165, 1.54) is 0 Å². The summed E-state index contributed by atoms with van der Waals surface area (Å²) in [6.45, 7) is 0. The first-order chi connectivity index (χ1) is 6.15. The van der Waals surface area contributed by atoms with Crippen molar-refractivity contribution in [3.05, 3.63) is 29.6 Å². The lowest BCUT2D eigenvalue weighted by molar-refractivity contribution is 0.475. The van der Waals surface area contributed by atoms with Crippen molar-refractivity contribution in [2.75, 3.05) is 0 Å². The maximum atomic E-state index is 12.6. The van der Waals surface area contributed by atoms with E-state index in [1.54, 1.807) is 0 Å². The molecule has 1 aromatic rings. The van der Waals surface area contributed by atoms with Gasteiger partial charge in [0.1, 0.15) is 0 Å². The molecule has 68 valence electrons. The quantitative estimate of drug-likeness (QED) is 0.702. The Labute approximate surface area is 73.8 Å². The molecule has 0 amide bonds. The first-order valence-corrected chi connectivity index (χ1v) is 3.58. The summed E-state index contributed by atoms with van der Waals surface area (Å²) in [6, 6.07) is 2.16. The van der Waals surface area contributed by atoms with Crippen LogP contribution in [0.5, 0.6) is 0 Å². The van der Waals surface area contributed by atoms with Crippen molar-refractivity contribution >= 4 is 0 Å². The molecule has 0 aliphatic rings. The fraction of sp³-hybridized carbons (Fsp3) is 0.250. The average Bonchev–Trinajstić information content (AvgIpc) is 2.10. The highest BCUT2D eigenvalue weighted by atomic mass is 19.2. The number of nitrogens with zero attached hydrogens (tertiary/aromatic N) is 2. The highest BCUT2D eigenvalue weighted by Gasteiger charge is 2.09. The molecule has 0 saturated carbocycles. The third-order valence-electron chi connectivity index (χ3n) is 1.56. The second-order valence-electron chi connectivity index (χ2n) is 2.51. The van der Waals surface area contributed by atoms with Crippen LogP contribution in [0.2, 0.25) is 0 Å². The number of rotatable bonds is 2. The molecule has 0 aliphatic carbocycles. The van der Waals surface area contributed by atoms with Crippen molar-refractivity contribution < 1.29 is 8.78 Å². The molecule has 13 heavy (non-hydrogen) atoms. The maximum Gasteiger partial charge on any atom is 0.248 e. The lowest BCUT2D eigenvalue weighted by Crippen LogP contribution is -2.10. The summed E-state index contributed by atoms with van der Waals surface area (Å²) in [6.07, 6.45) is 1.17. The molecule has 0 bridgehead atoms. The third-order valence-corrected chi connectivity index (χ3v) is 1.56. The second kappa shape index (κ2) is 3.92. The van der Waals surface area contributed by atoms with Gasteiger partial charge < -0.3 is 5.73 Å². The zero-order valence-electron chi connectivity index (χ0n) is 6.67. The summed E-state index contributed by atoms with van der Waals surface area (Å²) in [5.41, 5.74) is 5.79. The van der Waals surface area contributed by atoms with Crippen LogP contribution in [0.4, 0.5) is 8.78 Å². The van der Waals surface area contributed by atoms with Crippen molar-refractivity contribution in [2.45, 2.75) is 12.5 Å². The molecule has 1 rings (SSSR count). The smallest absolute Gasteiger partial charge is 0.248 e. The van der Waals surface area contributed by atoms with Crippen molar-refractivity contribution in [1.29, 1.82) is 5.26 Å². The molecule has 0 spiro atoms. The van der Waals surface area contributed by atoms with Gasteiger partial charge in [0.15, 0.2) is 5.82 Å². The zero-order valence-corrected chi connectivity index (χ0v) is 6.67. The summed E-state index contributed by atoms with van der Waals surface area (Å²) in [7, 11) is 0. The largest absolute Gasteiger partial charge is 0.323 e. The van der Waals surface area contributed by atoms with Gasteiger partial charge in [-0.25, -0.2) is 9.37 Å². The molecule has 0 fully saturated rings. The zero-order chi connectivity index (χ0) is 9.84. The molecule has 5 heteroatoms. The molecule has 1 unspecified atom stereocenters. The van der Waals surface area contributed by atoms with Gasteiger partial charge >= 0.3 is 0 Å². The van der Waals surface area contributed by atoms with E-state index in [0.29, 0.717) is 5.56 Å². The Morgan fingerprint density at radius 1 is 1.62 bits per heavy atom. The average molecular weight is 183 g/mol. The van der Waals surface area contributed by atoms with Crippen molar-refractivity contribution in [3.63, 3.8) is 0 Å². The molecule has 1 atom stereocenters. The first-order valence-electron chi connectivity index (χ1n) is 3.58. The normalized spacial score (nSPS) is 12.2. The van der Waals surface area contributed by atoms with Crippen molar-refractivity contribution in [2.24, 2.45) is 5.73 Å². The Balaban J connectivity index is 2.91. The lowest BCUT2D eigenvalue weighted by Gasteiger charge is -2.06. The molecule has 2 N–H and O–H groups in total. The van der Waals surface area contributed by atoms with E-state index in [2.05, 4.69) is 4.98 Å². The van der Waals surface area contributed by atoms with E-state index < -0.39 is 17.8 Å². The molecule has 0 radical (unpaired) electrons. The van der Waals surface area contributed by atoms with Crippen LogP contribution in [0, 0.1) is 23.1 Å². The molecule has 0 aliphatic heterocycles. The van der Waals surface area contributed by atoms with Crippen LogP contribution in [0.1, 0.15) is 18.0 Å². The van der Waals surface area contributed by atoms with Crippen molar-refractivity contribution in [3.8, 4) is 6.07 Å². The topological polar surface area (TPSA) is 62.7 Å². The first kappa shape index (κ1) is 9.55. The summed E-state index contributed by atoms with van der Waals surface area (Å²) in [5, 5.41) is 8.30. The van der Waals surface area contributed by atoms with E-state index in [1.807, 2.05) is 6.07 Å². The van der Waals surface area contributed by atoms with Crippen LogP contribution >= 0.6 is 0 Å². The number of hydrogen-bond acceptors (Lipinski definition) is 3. The van der Waals surface area contributed by atoms with Crippen LogP contribution in [0.25, 0.3) is 0 Å². The summed E-state index contributed by atoms with van der Waals surface area (Å²) >= 11 is 0. The van der Waals surface area contributed by atoms with Gasteiger partial charge in [0.25, 0.3) is 0 Å². The standard InChI is InChI=1S/C8H7F2N3/c9-6-3-5(4-13-8(6)10)7(12)1-2-11/h3-4,7H,1,12H2. The number of nitriles is 1. The van der Waals surface area contributed by atoms with Crippen LogP contribution in [-0.2, 0) is 0 Å². The molecular weight excluding hydrogens is 176 g/mol. The second-order valence-corrected chi connectivity index (χ2v) is 2.51. The summed E-state index contributed by atoms with van der Waals surface area (Å²) in [5.74, 6) is -2.21. The number of hydrogen-bond donors (Lipinski definition) is 1. The Hall–Kier alpha value is -1.54. The van der Waals surface area contributed by atoms with E-state index in [4.69, 9.17) is 11.0 Å². The van der Waals surface area contributed by atoms with Gasteiger partial charge in [-0.1, -0.05) is 0 Å². The Morgan fingerprint density at radius 3 is 2.85 bits per heavy atom. The summed E-state index contributed by atoms with van der Waals surface area (Å²) in [4.78, 5) is 3.15. The van der Waals surface area contributed by atoms with Gasteiger partial charge in [0.05, 0.1) is 12.5 Å². The van der Waals surface area contributed by atoms with Gasteiger partial charge in [0, 0.05) is 12.2 Å². The molecule has 1 aromatic heterocycles. The molecular formula is C8H7F2N3. The van der Waals surface area contributed by atoms with Crippen molar-refractivity contribution in [1.82, 2.24) is 4.98 Å². The van der Waals surface area contributed by atoms with Crippen LogP contribution in [0.3, 0.4) is 0 Å². The minimum Gasteiger partial charge on any atom is -0.323 e. The lowest BCUT2D eigenvalue weighted by atomic mass is 10.1. The predicted octanol–water partition coefficient (Wildman–Crippen LogP) is 1.27. The fourth-order valence-electron chi connectivity index (χ4n) is 0.855. The Bertz CT molecular complexity index is 346. The molecule has 1 heterocycles. The summed E-state index contributed by atoms with van der Waals surface area (Å²) < 4.78 is 25.0. The van der Waals surface area contributed by atoms with E-state index in [9.17, 15) is 8.78 Å². The van der Waals surface area contributed by atoms with E-state index in [0.717, 1.165) is 12.3 Å². The molecule has 3 nitrogen and oxygen atoms in total. The fourth-order valence-corrected chi connectivity index (χ4v) is 0.855. The molecule has 0 saturated heterocycles. The Kier molecular flexibility index (Phi) is 2.88. The number of nitrogens with two attached hydrogens (primary N) is 1. The minimum absolute atomic E-state index is 0.0484. The van der Waals surface area contributed by atoms with Gasteiger partial charge in [-0.05, 0) is 11.6 Å². The van der Waals surface area contributed by atoms with E-state index >= 15 is 0 Å². The highest BCUT2D eigenvalue weighted by Crippen LogP contribution is 2.14. The Morgan fingerprint density at radius 2 is 2.31 bits per heavy atom.